The van der Waals surface area contributed by atoms with Gasteiger partial charge in [-0.1, -0.05) is 30.3 Å². The zero-order valence-corrected chi connectivity index (χ0v) is 14.9. The van der Waals surface area contributed by atoms with Gasteiger partial charge in [0.2, 0.25) is 0 Å². The first-order valence-electron chi connectivity index (χ1n) is 8.31. The first-order chi connectivity index (χ1) is 12.3. The van der Waals surface area contributed by atoms with Crippen LogP contribution in [0.3, 0.4) is 0 Å². The summed E-state index contributed by atoms with van der Waals surface area (Å²) in [4.78, 5) is 6.16. The zero-order chi connectivity index (χ0) is 17.1. The number of aliphatic imine (C=N–C) groups is 1. The second kappa shape index (κ2) is 7.11. The summed E-state index contributed by atoms with van der Waals surface area (Å²) in [5, 5.41) is 2.14. The Labute approximate surface area is 151 Å². The van der Waals surface area contributed by atoms with Crippen LogP contribution in [0.5, 0.6) is 11.5 Å². The van der Waals surface area contributed by atoms with Crippen LogP contribution in [0.1, 0.15) is 21.6 Å². The molecule has 0 atom stereocenters. The third-order valence-corrected chi connectivity index (χ3v) is 5.26. The summed E-state index contributed by atoms with van der Waals surface area (Å²) in [5.74, 6) is 1.48. The van der Waals surface area contributed by atoms with Crippen LogP contribution in [0.25, 0.3) is 0 Å². The summed E-state index contributed by atoms with van der Waals surface area (Å²) < 4.78 is 11.5. The molecule has 1 aliphatic heterocycles. The van der Waals surface area contributed by atoms with Gasteiger partial charge in [-0.15, -0.1) is 11.3 Å². The molecule has 25 heavy (non-hydrogen) atoms. The number of hydrogen-bond donors (Lipinski definition) is 0. The fourth-order valence-corrected chi connectivity index (χ4v) is 3.89. The van der Waals surface area contributed by atoms with Crippen LogP contribution in [0.15, 0.2) is 65.0 Å². The van der Waals surface area contributed by atoms with Crippen molar-refractivity contribution in [1.29, 1.82) is 0 Å². The highest BCUT2D eigenvalue weighted by molar-refractivity contribution is 7.10. The molecule has 126 valence electrons. The van der Waals surface area contributed by atoms with E-state index in [4.69, 9.17) is 14.5 Å². The molecule has 0 saturated heterocycles. The predicted molar refractivity (Wildman–Crippen MR) is 102 cm³/mol. The summed E-state index contributed by atoms with van der Waals surface area (Å²) in [6.45, 7) is 1.35. The molecule has 4 heteroatoms. The van der Waals surface area contributed by atoms with Gasteiger partial charge in [0.15, 0.2) is 11.5 Å². The average molecular weight is 349 g/mol. The van der Waals surface area contributed by atoms with Gasteiger partial charge in [-0.25, -0.2) is 0 Å². The number of nitrogens with zero attached hydrogens (tertiary/aromatic N) is 1. The Bertz CT molecular complexity index is 899. The van der Waals surface area contributed by atoms with Gasteiger partial charge in [0.25, 0.3) is 0 Å². The van der Waals surface area contributed by atoms with E-state index in [1.807, 2.05) is 30.3 Å². The number of fused-ring (bicyclic) bond motifs is 1. The first-order valence-corrected chi connectivity index (χ1v) is 9.19. The lowest BCUT2D eigenvalue weighted by Gasteiger charge is -2.16. The maximum atomic E-state index is 6.04. The van der Waals surface area contributed by atoms with Crippen molar-refractivity contribution in [3.8, 4) is 11.5 Å². The molecule has 2 heterocycles. The van der Waals surface area contributed by atoms with E-state index in [0.29, 0.717) is 6.61 Å². The summed E-state index contributed by atoms with van der Waals surface area (Å²) in [7, 11) is 1.67. The molecular weight excluding hydrogens is 330 g/mol. The molecular formula is C21H19NO2S. The van der Waals surface area contributed by atoms with Gasteiger partial charge in [-0.05, 0) is 35.2 Å². The number of ether oxygens (including phenoxy) is 2. The van der Waals surface area contributed by atoms with Crippen molar-refractivity contribution in [3.63, 3.8) is 0 Å². The Hall–Kier alpha value is -2.59. The van der Waals surface area contributed by atoms with Crippen molar-refractivity contribution in [2.24, 2.45) is 4.99 Å². The molecule has 1 aliphatic rings. The molecule has 0 aliphatic carbocycles. The molecule has 0 N–H and O–H groups in total. The highest BCUT2D eigenvalue weighted by Crippen LogP contribution is 2.32. The Kier molecular flexibility index (Phi) is 4.53. The molecule has 3 nitrogen and oxygen atoms in total. The van der Waals surface area contributed by atoms with Crippen LogP contribution >= 0.6 is 11.3 Å². The van der Waals surface area contributed by atoms with Gasteiger partial charge in [-0.2, -0.15) is 0 Å². The maximum Gasteiger partial charge on any atom is 0.162 e. The molecule has 0 saturated carbocycles. The van der Waals surface area contributed by atoms with Gasteiger partial charge in [-0.3, -0.25) is 4.99 Å². The molecule has 0 amide bonds. The molecule has 0 unspecified atom stereocenters. The van der Waals surface area contributed by atoms with Crippen molar-refractivity contribution in [3.05, 3.63) is 81.5 Å². The standard InChI is InChI=1S/C21H19NO2S/c1-23-18-8-7-16(21-17-10-12-25-20(17)9-11-22-21)13-19(18)24-14-15-5-3-2-4-6-15/h2-8,10,12-13H,9,11,14H2,1H3. The van der Waals surface area contributed by atoms with Crippen LogP contribution in [0.2, 0.25) is 0 Å². The summed E-state index contributed by atoms with van der Waals surface area (Å²) in [5.41, 5.74) is 4.50. The molecule has 0 fully saturated rings. The first kappa shape index (κ1) is 15.9. The van der Waals surface area contributed by atoms with Crippen LogP contribution in [0.4, 0.5) is 0 Å². The number of rotatable bonds is 5. The van der Waals surface area contributed by atoms with Crippen LogP contribution < -0.4 is 9.47 Å². The second-order valence-corrected chi connectivity index (χ2v) is 6.88. The van der Waals surface area contributed by atoms with E-state index in [9.17, 15) is 0 Å². The third kappa shape index (κ3) is 3.30. The second-order valence-electron chi connectivity index (χ2n) is 5.88. The highest BCUT2D eigenvalue weighted by atomic mass is 32.1. The van der Waals surface area contributed by atoms with E-state index in [2.05, 4.69) is 29.6 Å². The Morgan fingerprint density at radius 1 is 1.04 bits per heavy atom. The van der Waals surface area contributed by atoms with Gasteiger partial charge < -0.3 is 9.47 Å². The van der Waals surface area contributed by atoms with Crippen molar-refractivity contribution in [1.82, 2.24) is 0 Å². The van der Waals surface area contributed by atoms with E-state index in [1.165, 1.54) is 10.4 Å². The lowest BCUT2D eigenvalue weighted by molar-refractivity contribution is 0.284. The van der Waals surface area contributed by atoms with Gasteiger partial charge in [0.1, 0.15) is 6.61 Å². The molecule has 0 spiro atoms. The van der Waals surface area contributed by atoms with E-state index in [0.717, 1.165) is 41.3 Å². The topological polar surface area (TPSA) is 30.8 Å². The quantitative estimate of drug-likeness (QED) is 0.667. The van der Waals surface area contributed by atoms with Gasteiger partial charge in [0.05, 0.1) is 12.8 Å². The Balaban J connectivity index is 1.63. The summed E-state index contributed by atoms with van der Waals surface area (Å²) in [6, 6.07) is 18.4. The fraction of sp³-hybridized carbons (Fsp3) is 0.190. The minimum atomic E-state index is 0.511. The van der Waals surface area contributed by atoms with Crippen molar-refractivity contribution >= 4 is 17.0 Å². The normalized spacial score (nSPS) is 13.1. The smallest absolute Gasteiger partial charge is 0.162 e. The summed E-state index contributed by atoms with van der Waals surface area (Å²) >= 11 is 1.81. The van der Waals surface area contributed by atoms with Crippen LogP contribution in [-0.4, -0.2) is 19.4 Å². The average Bonchev–Trinajstić information content (AvgIpc) is 3.16. The van der Waals surface area contributed by atoms with E-state index < -0.39 is 0 Å². The molecule has 3 aromatic rings. The molecule has 0 bridgehead atoms. The number of benzene rings is 2. The molecule has 1 aromatic heterocycles. The summed E-state index contributed by atoms with van der Waals surface area (Å²) in [6.07, 6.45) is 1.03. The number of methoxy groups -OCH3 is 1. The minimum Gasteiger partial charge on any atom is -0.493 e. The number of thiophene rings is 1. The largest absolute Gasteiger partial charge is 0.493 e. The fourth-order valence-electron chi connectivity index (χ4n) is 3.02. The molecule has 0 radical (unpaired) electrons. The van der Waals surface area contributed by atoms with E-state index in [1.54, 1.807) is 18.4 Å². The predicted octanol–water partition coefficient (Wildman–Crippen LogP) is 4.73. The zero-order valence-electron chi connectivity index (χ0n) is 14.1. The van der Waals surface area contributed by atoms with Gasteiger partial charge >= 0.3 is 0 Å². The van der Waals surface area contributed by atoms with Crippen LogP contribution in [-0.2, 0) is 13.0 Å². The highest BCUT2D eigenvalue weighted by Gasteiger charge is 2.18. The molecule has 2 aromatic carbocycles. The Morgan fingerprint density at radius 2 is 1.92 bits per heavy atom. The third-order valence-electron chi connectivity index (χ3n) is 4.28. The van der Waals surface area contributed by atoms with E-state index >= 15 is 0 Å². The van der Waals surface area contributed by atoms with Crippen molar-refractivity contribution in [2.75, 3.05) is 13.7 Å². The SMILES string of the molecule is COc1ccc(C2=NCCc3sccc32)cc1OCc1ccccc1. The van der Waals surface area contributed by atoms with Crippen LogP contribution in [0, 0.1) is 0 Å². The maximum absolute atomic E-state index is 6.04. The van der Waals surface area contributed by atoms with Crippen molar-refractivity contribution in [2.45, 2.75) is 13.0 Å². The van der Waals surface area contributed by atoms with Crippen molar-refractivity contribution < 1.29 is 9.47 Å². The molecule has 4 rings (SSSR count). The number of hydrogen-bond acceptors (Lipinski definition) is 4. The monoisotopic (exact) mass is 349 g/mol. The Morgan fingerprint density at radius 3 is 2.76 bits per heavy atom. The lowest BCUT2D eigenvalue weighted by atomic mass is 9.99. The van der Waals surface area contributed by atoms with Gasteiger partial charge in [0, 0.05) is 29.0 Å². The van der Waals surface area contributed by atoms with E-state index in [-0.39, 0.29) is 0 Å². The minimum absolute atomic E-state index is 0.511. The lowest BCUT2D eigenvalue weighted by Crippen LogP contribution is -2.12.